The number of amides is 6. The summed E-state index contributed by atoms with van der Waals surface area (Å²) in [5.41, 5.74) is 20.7. The van der Waals surface area contributed by atoms with Crippen LogP contribution in [0.3, 0.4) is 0 Å². The minimum Gasteiger partial charge on any atom is -0.508 e. The van der Waals surface area contributed by atoms with Crippen LogP contribution in [0.15, 0.2) is 355 Å². The number of benzene rings is 12. The van der Waals surface area contributed by atoms with Gasteiger partial charge in [-0.05, 0) is 198 Å². The molecule has 6 aliphatic heterocycles. The molecule has 6 amide bonds. The number of halogens is 4. The van der Waals surface area contributed by atoms with E-state index in [1.54, 1.807) is 43.9 Å². The van der Waals surface area contributed by atoms with Crippen LogP contribution in [0.5, 0.6) is 11.5 Å². The molecule has 14 nitrogen and oxygen atoms in total. The zero-order chi connectivity index (χ0) is 92.1. The second-order valence-corrected chi connectivity index (χ2v) is 32.7. The Morgan fingerprint density at radius 3 is 0.754 bits per heavy atom. The monoisotopic (exact) mass is 1740 g/mol. The van der Waals surface area contributed by atoms with E-state index in [-0.39, 0.29) is 94.8 Å². The van der Waals surface area contributed by atoms with Crippen molar-refractivity contribution in [3.05, 3.63) is 490 Å². The summed E-state index contributed by atoms with van der Waals surface area (Å²) in [6.45, 7) is 32.2. The van der Waals surface area contributed by atoms with Crippen molar-refractivity contribution >= 4 is 35.4 Å². The lowest BCUT2D eigenvalue weighted by Gasteiger charge is -2.35. The molecule has 0 aliphatic carbocycles. The van der Waals surface area contributed by atoms with Gasteiger partial charge in [0.25, 0.3) is 0 Å². The quantitative estimate of drug-likeness (QED) is 0.0803. The summed E-state index contributed by atoms with van der Waals surface area (Å²) in [6.07, 6.45) is 10.0. The number of carbonyl (C=O) groups is 6. The maximum atomic E-state index is 14.2. The minimum atomic E-state index is -0.590. The third kappa shape index (κ3) is 21.9. The van der Waals surface area contributed by atoms with Crippen molar-refractivity contribution in [3.63, 3.8) is 0 Å². The fourth-order valence-electron chi connectivity index (χ4n) is 18.2. The Bertz CT molecular complexity index is 5760. The summed E-state index contributed by atoms with van der Waals surface area (Å²) < 4.78 is 56.7. The smallest absolute Gasteiger partial charge is 0.246 e. The Morgan fingerprint density at radius 2 is 0.492 bits per heavy atom. The number of nitrogens with zero attached hydrogens (tertiary/aromatic N) is 6. The van der Waals surface area contributed by atoms with Crippen molar-refractivity contribution in [2.45, 2.75) is 101 Å². The Balaban J connectivity index is 0.000000133. The second kappa shape index (κ2) is 43.6. The summed E-state index contributed by atoms with van der Waals surface area (Å²) in [4.78, 5) is 82.5. The van der Waals surface area contributed by atoms with Gasteiger partial charge in [-0.3, -0.25) is 28.8 Å². The molecule has 0 fully saturated rings. The summed E-state index contributed by atoms with van der Waals surface area (Å²) in [7, 11) is 0. The molecule has 6 atom stereocenters. The van der Waals surface area contributed by atoms with Gasteiger partial charge in [0.15, 0.2) is 0 Å². The van der Waals surface area contributed by atoms with Crippen LogP contribution in [0.2, 0.25) is 0 Å². The van der Waals surface area contributed by atoms with Crippen LogP contribution < -0.4 is 0 Å². The van der Waals surface area contributed by atoms with Crippen LogP contribution in [0.4, 0.5) is 17.6 Å². The first-order chi connectivity index (χ1) is 63.0. The van der Waals surface area contributed by atoms with E-state index in [0.717, 1.165) is 70.4 Å². The summed E-state index contributed by atoms with van der Waals surface area (Å²) in [6, 6.07) is 87.5. The van der Waals surface area contributed by atoms with Gasteiger partial charge in [0.05, 0.1) is 0 Å². The van der Waals surface area contributed by atoms with Crippen LogP contribution in [0.25, 0.3) is 0 Å². The lowest BCUT2D eigenvalue weighted by molar-refractivity contribution is -0.127. The standard InChI is InChI=1S/2C20H21NO.2C18H15F2NO.2C18H17NO2/c2*1-3-15-10-11-17-13-21(20(22)4-2)14-19(18(17)12-15)16-8-6-5-7-9-16;2*1-2-17(22)21-10-12-6-3-4-7-13(12)14(11-21)18-15(19)8-5-9-16(18)20;2*1-2-18(21)19-11-14-6-3-4-9-16(14)17(12-19)13-7-5-8-15(20)10-13/h2*4-12,19H,2-3,13-14H2,1H3;2*2-9,14H,1,10-11H2;2*2-10,17,20H,1,11-12H2/t2*19-;2*14-;2*17-/m101010/s1. The molecule has 0 bridgehead atoms. The number of hydrogen-bond donors (Lipinski definition) is 2. The highest BCUT2D eigenvalue weighted by molar-refractivity contribution is 5.90. The van der Waals surface area contributed by atoms with Gasteiger partial charge >= 0.3 is 0 Å². The molecule has 18 rings (SSSR count). The molecule has 2 N–H and O–H groups in total. The van der Waals surface area contributed by atoms with Crippen LogP contribution >= 0.6 is 0 Å². The second-order valence-electron chi connectivity index (χ2n) is 32.7. The summed E-state index contributed by atoms with van der Waals surface area (Å²) >= 11 is 0. The molecule has 6 heterocycles. The van der Waals surface area contributed by atoms with Crippen LogP contribution in [0, 0.1) is 23.3 Å². The molecule has 6 aliphatic rings. The van der Waals surface area contributed by atoms with Crippen LogP contribution in [-0.2, 0) is 80.9 Å². The number of aryl methyl sites for hydroxylation is 2. The number of phenolic OH excluding ortho intramolecular Hbond substituents is 2. The zero-order valence-electron chi connectivity index (χ0n) is 73.2. The van der Waals surface area contributed by atoms with E-state index >= 15 is 0 Å². The van der Waals surface area contributed by atoms with Gasteiger partial charge in [-0.1, -0.05) is 284 Å². The normalized spacial score (nSPS) is 17.0. The van der Waals surface area contributed by atoms with Gasteiger partial charge in [0, 0.05) is 125 Å². The zero-order valence-corrected chi connectivity index (χ0v) is 73.2. The van der Waals surface area contributed by atoms with Gasteiger partial charge < -0.3 is 39.6 Å². The highest BCUT2D eigenvalue weighted by Crippen LogP contribution is 2.43. The fraction of sp³-hybridized carbons (Fsp3) is 0.196. The third-order valence-corrected chi connectivity index (χ3v) is 24.9. The highest BCUT2D eigenvalue weighted by atomic mass is 19.1. The molecule has 0 spiro atoms. The number of rotatable bonds is 14. The van der Waals surface area contributed by atoms with Crippen molar-refractivity contribution in [2.24, 2.45) is 0 Å². The number of phenols is 2. The molecule has 0 saturated heterocycles. The van der Waals surface area contributed by atoms with Crippen molar-refractivity contribution in [3.8, 4) is 11.5 Å². The van der Waals surface area contributed by atoms with E-state index in [1.165, 1.54) is 128 Å². The Labute approximate surface area is 758 Å². The molecule has 18 heteroatoms. The van der Waals surface area contributed by atoms with E-state index in [2.05, 4.69) is 150 Å². The molecule has 12 aromatic carbocycles. The lowest BCUT2D eigenvalue weighted by atomic mass is 9.83. The lowest BCUT2D eigenvalue weighted by Crippen LogP contribution is -2.38. The summed E-state index contributed by atoms with van der Waals surface area (Å²) in [5, 5.41) is 19.4. The third-order valence-electron chi connectivity index (χ3n) is 24.9. The number of aromatic hydroxyl groups is 2. The highest BCUT2D eigenvalue weighted by Gasteiger charge is 2.37. The van der Waals surface area contributed by atoms with E-state index in [0.29, 0.717) is 52.4 Å². The van der Waals surface area contributed by atoms with Crippen molar-refractivity contribution < 1.29 is 56.5 Å². The molecular formula is C112H106F4N6O8. The molecule has 0 aromatic heterocycles. The molecular weight excluding hydrogens is 1630 g/mol. The first kappa shape index (κ1) is 92.9. The maximum absolute atomic E-state index is 14.2. The number of hydrogen-bond acceptors (Lipinski definition) is 8. The average Bonchev–Trinajstić information content (AvgIpc) is 0.803. The van der Waals surface area contributed by atoms with Gasteiger partial charge in [-0.2, -0.15) is 0 Å². The molecule has 0 radical (unpaired) electrons. The van der Waals surface area contributed by atoms with Crippen LogP contribution in [-0.4, -0.2) is 114 Å². The predicted molar refractivity (Wildman–Crippen MR) is 504 cm³/mol. The van der Waals surface area contributed by atoms with Crippen LogP contribution in [0.1, 0.15) is 161 Å². The first-order valence-electron chi connectivity index (χ1n) is 43.6. The molecule has 12 aromatic rings. The van der Waals surface area contributed by atoms with E-state index in [4.69, 9.17) is 0 Å². The van der Waals surface area contributed by atoms with E-state index < -0.39 is 35.1 Å². The molecule has 0 unspecified atom stereocenters. The largest absolute Gasteiger partial charge is 0.508 e. The number of carbonyl (C=O) groups excluding carboxylic acids is 6. The maximum Gasteiger partial charge on any atom is 0.246 e. The Kier molecular flexibility index (Phi) is 31.2. The van der Waals surface area contributed by atoms with Gasteiger partial charge in [-0.25, -0.2) is 17.6 Å². The fourth-order valence-corrected chi connectivity index (χ4v) is 18.2. The minimum absolute atomic E-state index is 0.00569. The SMILES string of the molecule is C=CC(=O)N1Cc2ccc(CC)cc2[C@@H](c2ccccc2)C1.C=CC(=O)N1Cc2ccc(CC)cc2[C@H](c2ccccc2)C1.C=CC(=O)N1Cc2ccccc2[C@@H](c2c(F)cccc2F)C1.C=CC(=O)N1Cc2ccccc2[C@@H](c2cccc(O)c2)C1.C=CC(=O)N1Cc2ccccc2[C@H](c2c(F)cccc2F)C1.C=CC(=O)N1Cc2ccccc2[C@H](c2cccc(O)c2)C1. The van der Waals surface area contributed by atoms with Gasteiger partial charge in [0.2, 0.25) is 35.4 Å². The Hall–Kier alpha value is -14.8. The predicted octanol–water partition coefficient (Wildman–Crippen LogP) is 21.2. The van der Waals surface area contributed by atoms with E-state index in [1.807, 2.05) is 131 Å². The number of fused-ring (bicyclic) bond motifs is 6. The molecule has 130 heavy (non-hydrogen) atoms. The van der Waals surface area contributed by atoms with Crippen molar-refractivity contribution in [2.75, 3.05) is 39.3 Å². The average molecular weight is 1740 g/mol. The molecule has 660 valence electrons. The van der Waals surface area contributed by atoms with Crippen molar-refractivity contribution in [1.82, 2.24) is 29.4 Å². The van der Waals surface area contributed by atoms with Gasteiger partial charge in [-0.15, -0.1) is 0 Å². The molecule has 0 saturated carbocycles. The topological polar surface area (TPSA) is 162 Å². The Morgan fingerprint density at radius 1 is 0.269 bits per heavy atom. The first-order valence-corrected chi connectivity index (χ1v) is 43.6. The summed E-state index contributed by atoms with van der Waals surface area (Å²) in [5.74, 6) is -2.87. The van der Waals surface area contributed by atoms with Crippen molar-refractivity contribution in [1.29, 1.82) is 0 Å². The van der Waals surface area contributed by atoms with Gasteiger partial charge in [0.1, 0.15) is 34.8 Å². The van der Waals surface area contributed by atoms with E-state index in [9.17, 15) is 56.5 Å².